The molecule has 1 radical (unpaired) electrons. The second-order valence-electron chi connectivity index (χ2n) is 3.21. The third kappa shape index (κ3) is 1.86. The first-order valence-electron chi connectivity index (χ1n) is 4.47. The number of hydrogen-bond donors (Lipinski definition) is 0. The molecule has 0 spiro atoms. The van der Waals surface area contributed by atoms with E-state index in [1.54, 1.807) is 25.3 Å². The number of benzene rings is 1. The topological polar surface area (TPSA) is 12.9 Å². The lowest BCUT2D eigenvalue weighted by molar-refractivity contribution is 0.508. The van der Waals surface area contributed by atoms with Crippen LogP contribution < -0.4 is 0 Å². The third-order valence-electron chi connectivity index (χ3n) is 2.13. The first-order chi connectivity index (χ1) is 7.18. The van der Waals surface area contributed by atoms with Crippen molar-refractivity contribution in [2.24, 2.45) is 0 Å². The molecule has 0 aliphatic heterocycles. The second kappa shape index (κ2) is 3.77. The van der Waals surface area contributed by atoms with Gasteiger partial charge in [0.25, 0.3) is 0 Å². The standard InChI is InChI=1S/C12H8F2N/c1-8-6-10(13)11(14)7-9(8)12-4-2-3-5-15-12/h2-3,5-7H,1H3. The molecule has 0 N–H and O–H groups in total. The van der Waals surface area contributed by atoms with Gasteiger partial charge in [-0.2, -0.15) is 0 Å². The predicted molar refractivity (Wildman–Crippen MR) is 53.2 cm³/mol. The number of hydrogen-bond acceptors (Lipinski definition) is 1. The maximum absolute atomic E-state index is 13.0. The van der Waals surface area contributed by atoms with Gasteiger partial charge in [-0.05, 0) is 30.7 Å². The van der Waals surface area contributed by atoms with Crippen LogP contribution in [0.2, 0.25) is 0 Å². The van der Waals surface area contributed by atoms with E-state index in [4.69, 9.17) is 0 Å². The van der Waals surface area contributed by atoms with Crippen LogP contribution in [0.25, 0.3) is 11.3 Å². The van der Waals surface area contributed by atoms with Crippen LogP contribution in [0.15, 0.2) is 30.5 Å². The second-order valence-corrected chi connectivity index (χ2v) is 3.21. The van der Waals surface area contributed by atoms with E-state index in [9.17, 15) is 8.78 Å². The lowest BCUT2D eigenvalue weighted by Gasteiger charge is -2.05. The molecular weight excluding hydrogens is 196 g/mol. The molecule has 0 saturated carbocycles. The van der Waals surface area contributed by atoms with Crippen LogP contribution in [-0.4, -0.2) is 4.98 Å². The van der Waals surface area contributed by atoms with E-state index in [0.717, 1.165) is 12.1 Å². The Morgan fingerprint density at radius 1 is 1.20 bits per heavy atom. The Balaban J connectivity index is 2.59. The van der Waals surface area contributed by atoms with E-state index < -0.39 is 11.6 Å². The molecule has 0 amide bonds. The van der Waals surface area contributed by atoms with Crippen LogP contribution in [0.3, 0.4) is 0 Å². The molecule has 0 bridgehead atoms. The minimum Gasteiger partial charge on any atom is -0.256 e. The smallest absolute Gasteiger partial charge is 0.159 e. The van der Waals surface area contributed by atoms with Crippen molar-refractivity contribution in [1.29, 1.82) is 0 Å². The molecule has 0 fully saturated rings. The molecular formula is C12H8F2N. The zero-order chi connectivity index (χ0) is 10.8. The van der Waals surface area contributed by atoms with Gasteiger partial charge < -0.3 is 0 Å². The van der Waals surface area contributed by atoms with Crippen molar-refractivity contribution >= 4 is 0 Å². The van der Waals surface area contributed by atoms with Crippen LogP contribution in [0.4, 0.5) is 8.78 Å². The fraction of sp³-hybridized carbons (Fsp3) is 0.0833. The zero-order valence-electron chi connectivity index (χ0n) is 8.09. The molecule has 1 nitrogen and oxygen atoms in total. The molecule has 1 aromatic heterocycles. The first-order valence-corrected chi connectivity index (χ1v) is 4.47. The van der Waals surface area contributed by atoms with Crippen LogP contribution >= 0.6 is 0 Å². The van der Waals surface area contributed by atoms with E-state index in [2.05, 4.69) is 11.1 Å². The van der Waals surface area contributed by atoms with E-state index in [-0.39, 0.29) is 0 Å². The molecule has 0 unspecified atom stereocenters. The molecule has 1 heterocycles. The van der Waals surface area contributed by atoms with Gasteiger partial charge in [0.1, 0.15) is 0 Å². The van der Waals surface area contributed by atoms with Crippen molar-refractivity contribution < 1.29 is 8.78 Å². The highest BCUT2D eigenvalue weighted by Crippen LogP contribution is 2.23. The van der Waals surface area contributed by atoms with E-state index in [0.29, 0.717) is 16.8 Å². The van der Waals surface area contributed by atoms with Crippen LogP contribution in [0.5, 0.6) is 0 Å². The summed E-state index contributed by atoms with van der Waals surface area (Å²) in [5.41, 5.74) is 1.73. The molecule has 75 valence electrons. The summed E-state index contributed by atoms with van der Waals surface area (Å²) < 4.78 is 25.9. The molecule has 0 atom stereocenters. The van der Waals surface area contributed by atoms with Gasteiger partial charge >= 0.3 is 0 Å². The summed E-state index contributed by atoms with van der Waals surface area (Å²) in [6, 6.07) is 8.58. The maximum atomic E-state index is 13.0. The Labute approximate surface area is 86.4 Å². The lowest BCUT2D eigenvalue weighted by atomic mass is 10.0. The Morgan fingerprint density at radius 2 is 1.93 bits per heavy atom. The van der Waals surface area contributed by atoms with Crippen molar-refractivity contribution in [3.63, 3.8) is 0 Å². The first kappa shape index (κ1) is 9.77. The van der Waals surface area contributed by atoms with Crippen molar-refractivity contribution in [2.45, 2.75) is 6.92 Å². The average molecular weight is 204 g/mol. The van der Waals surface area contributed by atoms with Crippen LogP contribution in [-0.2, 0) is 0 Å². The van der Waals surface area contributed by atoms with Gasteiger partial charge in [-0.3, -0.25) is 4.98 Å². The minimum atomic E-state index is -0.866. The highest BCUT2D eigenvalue weighted by molar-refractivity contribution is 5.62. The van der Waals surface area contributed by atoms with Crippen LogP contribution in [0.1, 0.15) is 5.56 Å². The molecule has 0 aliphatic carbocycles. The van der Waals surface area contributed by atoms with Gasteiger partial charge in [-0.25, -0.2) is 8.78 Å². The van der Waals surface area contributed by atoms with Crippen LogP contribution in [0, 0.1) is 24.6 Å². The summed E-state index contributed by atoms with van der Waals surface area (Å²) in [5, 5.41) is 0. The number of aromatic nitrogens is 1. The molecule has 0 saturated heterocycles. The van der Waals surface area contributed by atoms with E-state index in [1.165, 1.54) is 0 Å². The van der Waals surface area contributed by atoms with Gasteiger partial charge in [-0.1, -0.05) is 6.07 Å². The SMILES string of the molecule is Cc1cc(F)c(F)cc1-c1[c]cccn1. The summed E-state index contributed by atoms with van der Waals surface area (Å²) in [7, 11) is 0. The van der Waals surface area contributed by atoms with Gasteiger partial charge in [0.05, 0.1) is 5.69 Å². The number of pyridine rings is 1. The summed E-state index contributed by atoms with van der Waals surface area (Å²) >= 11 is 0. The lowest BCUT2D eigenvalue weighted by Crippen LogP contribution is -1.91. The number of halogens is 2. The molecule has 2 aromatic rings. The molecule has 2 rings (SSSR count). The molecule has 1 aromatic carbocycles. The van der Waals surface area contributed by atoms with Gasteiger partial charge in [-0.15, -0.1) is 0 Å². The van der Waals surface area contributed by atoms with Crippen molar-refractivity contribution in [1.82, 2.24) is 4.98 Å². The van der Waals surface area contributed by atoms with Crippen molar-refractivity contribution in [2.75, 3.05) is 0 Å². The fourth-order valence-corrected chi connectivity index (χ4v) is 1.37. The highest BCUT2D eigenvalue weighted by atomic mass is 19.2. The van der Waals surface area contributed by atoms with Gasteiger partial charge in [0.15, 0.2) is 11.6 Å². The van der Waals surface area contributed by atoms with Crippen molar-refractivity contribution in [3.05, 3.63) is 53.7 Å². The monoisotopic (exact) mass is 204 g/mol. The summed E-state index contributed by atoms with van der Waals surface area (Å²) in [4.78, 5) is 4.04. The van der Waals surface area contributed by atoms with E-state index in [1.807, 2.05) is 0 Å². The summed E-state index contributed by atoms with van der Waals surface area (Å²) in [5.74, 6) is -1.71. The largest absolute Gasteiger partial charge is 0.256 e. The van der Waals surface area contributed by atoms with Crippen molar-refractivity contribution in [3.8, 4) is 11.3 Å². The highest BCUT2D eigenvalue weighted by Gasteiger charge is 2.09. The zero-order valence-corrected chi connectivity index (χ0v) is 8.09. The molecule has 3 heteroatoms. The average Bonchev–Trinajstić information content (AvgIpc) is 2.25. The normalized spacial score (nSPS) is 10.3. The quantitative estimate of drug-likeness (QED) is 0.695. The predicted octanol–water partition coefficient (Wildman–Crippen LogP) is 3.14. The third-order valence-corrected chi connectivity index (χ3v) is 2.13. The van der Waals surface area contributed by atoms with Gasteiger partial charge in [0, 0.05) is 17.8 Å². The minimum absolute atomic E-state index is 0.522. The van der Waals surface area contributed by atoms with E-state index >= 15 is 0 Å². The summed E-state index contributed by atoms with van der Waals surface area (Å²) in [6.45, 7) is 1.71. The molecule has 0 aliphatic rings. The Kier molecular flexibility index (Phi) is 2.46. The Bertz CT molecular complexity index is 480. The molecule has 15 heavy (non-hydrogen) atoms. The maximum Gasteiger partial charge on any atom is 0.159 e. The fourth-order valence-electron chi connectivity index (χ4n) is 1.37. The Hall–Kier alpha value is -1.77. The number of nitrogens with zero attached hydrogens (tertiary/aromatic N) is 1. The number of aryl methyl sites for hydroxylation is 1. The Morgan fingerprint density at radius 3 is 2.60 bits per heavy atom. The summed E-state index contributed by atoms with van der Waals surface area (Å²) in [6.07, 6.45) is 1.59. The van der Waals surface area contributed by atoms with Gasteiger partial charge in [0.2, 0.25) is 0 Å². The number of rotatable bonds is 1.